The Bertz CT molecular complexity index is 1230. The molecule has 0 radical (unpaired) electrons. The highest BCUT2D eigenvalue weighted by molar-refractivity contribution is 6.04. The number of ether oxygens (including phenoxy) is 1. The van der Waals surface area contributed by atoms with Gasteiger partial charge in [-0.2, -0.15) is 0 Å². The van der Waals surface area contributed by atoms with Crippen molar-refractivity contribution < 1.29 is 14.3 Å². The van der Waals surface area contributed by atoms with Gasteiger partial charge >= 0.3 is 0 Å². The number of rotatable bonds is 9. The second kappa shape index (κ2) is 12.2. The summed E-state index contributed by atoms with van der Waals surface area (Å²) in [6.45, 7) is 7.67. The summed E-state index contributed by atoms with van der Waals surface area (Å²) in [5.74, 6) is 0.641. The van der Waals surface area contributed by atoms with Crippen molar-refractivity contribution in [3.8, 4) is 11.5 Å². The van der Waals surface area contributed by atoms with Crippen molar-refractivity contribution in [3.05, 3.63) is 95.1 Å². The number of hydrogen-bond acceptors (Lipinski definition) is 4. The van der Waals surface area contributed by atoms with E-state index < -0.39 is 0 Å². The maximum absolute atomic E-state index is 12.8. The van der Waals surface area contributed by atoms with E-state index in [0.717, 1.165) is 30.8 Å². The lowest BCUT2D eigenvalue weighted by Gasteiger charge is -2.16. The Hall–Kier alpha value is -3.90. The first-order valence-electron chi connectivity index (χ1n) is 12.4. The molecule has 1 aliphatic rings. The number of likely N-dealkylation sites (tertiary alicyclic amines) is 1. The Kier molecular flexibility index (Phi) is 8.53. The highest BCUT2D eigenvalue weighted by Crippen LogP contribution is 2.31. The lowest BCUT2D eigenvalue weighted by atomic mass is 10.1. The van der Waals surface area contributed by atoms with E-state index in [4.69, 9.17) is 4.74 Å². The third kappa shape index (κ3) is 7.06. The molecule has 3 aromatic rings. The van der Waals surface area contributed by atoms with Crippen LogP contribution >= 0.6 is 0 Å². The summed E-state index contributed by atoms with van der Waals surface area (Å²) in [7, 11) is 0. The van der Waals surface area contributed by atoms with Crippen molar-refractivity contribution in [3.63, 3.8) is 0 Å². The van der Waals surface area contributed by atoms with Crippen LogP contribution in [-0.4, -0.2) is 42.9 Å². The minimum absolute atomic E-state index is 0.178. The van der Waals surface area contributed by atoms with Crippen LogP contribution in [0.25, 0.3) is 6.08 Å². The van der Waals surface area contributed by atoms with E-state index in [1.54, 1.807) is 24.3 Å². The van der Waals surface area contributed by atoms with Crippen molar-refractivity contribution in [2.45, 2.75) is 26.7 Å². The number of anilines is 1. The average Bonchev–Trinajstić information content (AvgIpc) is 3.40. The smallest absolute Gasteiger partial charge is 0.251 e. The first-order chi connectivity index (χ1) is 17.5. The highest BCUT2D eigenvalue weighted by atomic mass is 16.5. The van der Waals surface area contributed by atoms with E-state index in [1.165, 1.54) is 24.5 Å². The molecule has 6 heteroatoms. The number of carbonyl (C=O) groups excluding carboxylic acids is 2. The van der Waals surface area contributed by atoms with E-state index >= 15 is 0 Å². The van der Waals surface area contributed by atoms with Gasteiger partial charge in [0.25, 0.3) is 5.91 Å². The van der Waals surface area contributed by atoms with Crippen LogP contribution in [0.2, 0.25) is 0 Å². The predicted octanol–water partition coefficient (Wildman–Crippen LogP) is 5.57. The van der Waals surface area contributed by atoms with Crippen molar-refractivity contribution >= 4 is 23.6 Å². The minimum Gasteiger partial charge on any atom is -0.455 e. The van der Waals surface area contributed by atoms with Gasteiger partial charge in [-0.1, -0.05) is 36.4 Å². The Labute approximate surface area is 213 Å². The summed E-state index contributed by atoms with van der Waals surface area (Å²) < 4.78 is 6.12. The molecule has 4 rings (SSSR count). The Morgan fingerprint density at radius 3 is 2.47 bits per heavy atom. The van der Waals surface area contributed by atoms with Crippen LogP contribution in [0.5, 0.6) is 11.5 Å². The Morgan fingerprint density at radius 2 is 1.72 bits per heavy atom. The quantitative estimate of drug-likeness (QED) is 0.390. The minimum atomic E-state index is -0.310. The molecule has 0 aliphatic carbocycles. The molecule has 186 valence electrons. The molecule has 1 saturated heterocycles. The van der Waals surface area contributed by atoms with Gasteiger partial charge in [-0.15, -0.1) is 0 Å². The van der Waals surface area contributed by atoms with E-state index in [2.05, 4.69) is 15.5 Å². The first-order valence-corrected chi connectivity index (χ1v) is 12.4. The van der Waals surface area contributed by atoms with Crippen LogP contribution in [0.3, 0.4) is 0 Å². The van der Waals surface area contributed by atoms with Crippen LogP contribution in [0.4, 0.5) is 5.69 Å². The molecule has 0 saturated carbocycles. The van der Waals surface area contributed by atoms with Crippen LogP contribution in [0.15, 0.2) is 72.8 Å². The fraction of sp³-hybridized carbons (Fsp3) is 0.267. The van der Waals surface area contributed by atoms with E-state index in [0.29, 0.717) is 29.3 Å². The lowest BCUT2D eigenvalue weighted by Crippen LogP contribution is -2.33. The van der Waals surface area contributed by atoms with Gasteiger partial charge in [0.05, 0.1) is 5.69 Å². The van der Waals surface area contributed by atoms with Crippen molar-refractivity contribution in [1.82, 2.24) is 10.2 Å². The second-order valence-corrected chi connectivity index (χ2v) is 9.10. The number of aryl methyl sites for hydroxylation is 2. The maximum atomic E-state index is 12.8. The summed E-state index contributed by atoms with van der Waals surface area (Å²) in [4.78, 5) is 27.9. The summed E-state index contributed by atoms with van der Waals surface area (Å²) >= 11 is 0. The number of nitrogens with one attached hydrogen (secondary N) is 2. The molecule has 36 heavy (non-hydrogen) atoms. The SMILES string of the molecule is Cc1ccc(Oc2ccc(C(=O)NCCN3CCCC3)cc2NC(=O)C=Cc2ccccc2)cc1C. The number of benzene rings is 3. The summed E-state index contributed by atoms with van der Waals surface area (Å²) in [6, 6.07) is 20.5. The van der Waals surface area contributed by atoms with Crippen LogP contribution in [0.1, 0.15) is 39.9 Å². The van der Waals surface area contributed by atoms with Gasteiger partial charge in [0, 0.05) is 24.7 Å². The van der Waals surface area contributed by atoms with E-state index in [1.807, 2.05) is 62.4 Å². The molecule has 1 aliphatic heterocycles. The van der Waals surface area contributed by atoms with Crippen LogP contribution in [-0.2, 0) is 4.79 Å². The third-order valence-corrected chi connectivity index (χ3v) is 6.34. The zero-order valence-corrected chi connectivity index (χ0v) is 20.9. The first kappa shape index (κ1) is 25.2. The topological polar surface area (TPSA) is 70.7 Å². The number of hydrogen-bond donors (Lipinski definition) is 2. The molecule has 0 spiro atoms. The van der Waals surface area contributed by atoms with Crippen LogP contribution in [0, 0.1) is 13.8 Å². The van der Waals surface area contributed by atoms with Crippen LogP contribution < -0.4 is 15.4 Å². The highest BCUT2D eigenvalue weighted by Gasteiger charge is 2.15. The summed E-state index contributed by atoms with van der Waals surface area (Å²) in [5, 5.41) is 5.87. The zero-order chi connectivity index (χ0) is 25.3. The Morgan fingerprint density at radius 1 is 0.944 bits per heavy atom. The average molecular weight is 484 g/mol. The molecule has 1 heterocycles. The molecule has 3 aromatic carbocycles. The van der Waals surface area contributed by atoms with Crippen molar-refractivity contribution in [1.29, 1.82) is 0 Å². The third-order valence-electron chi connectivity index (χ3n) is 6.34. The number of carbonyl (C=O) groups is 2. The molecule has 1 fully saturated rings. The second-order valence-electron chi connectivity index (χ2n) is 9.10. The predicted molar refractivity (Wildman–Crippen MR) is 145 cm³/mol. The van der Waals surface area contributed by atoms with Gasteiger partial charge in [0.1, 0.15) is 5.75 Å². The van der Waals surface area contributed by atoms with Crippen molar-refractivity contribution in [2.24, 2.45) is 0 Å². The monoisotopic (exact) mass is 483 g/mol. The van der Waals surface area contributed by atoms with Gasteiger partial charge in [0.15, 0.2) is 5.75 Å². The molecule has 2 N–H and O–H groups in total. The molecular formula is C30H33N3O3. The molecule has 2 amide bonds. The standard InChI is InChI=1S/C30H33N3O3/c1-22-10-13-26(20-23(22)2)36-28-14-12-25(30(35)31-16-19-33-17-6-7-18-33)21-27(28)32-29(34)15-11-24-8-4-3-5-9-24/h3-5,8-15,20-21H,6-7,16-19H2,1-2H3,(H,31,35)(H,32,34). The zero-order valence-electron chi connectivity index (χ0n) is 20.9. The molecule has 0 atom stereocenters. The summed E-state index contributed by atoms with van der Waals surface area (Å²) in [6.07, 6.45) is 5.65. The van der Waals surface area contributed by atoms with E-state index in [9.17, 15) is 9.59 Å². The molecule has 0 unspecified atom stereocenters. The molecule has 0 bridgehead atoms. The molecule has 6 nitrogen and oxygen atoms in total. The lowest BCUT2D eigenvalue weighted by molar-refractivity contribution is -0.111. The normalized spacial score (nSPS) is 13.6. The van der Waals surface area contributed by atoms with Gasteiger partial charge < -0.3 is 20.3 Å². The largest absolute Gasteiger partial charge is 0.455 e. The Balaban J connectivity index is 1.50. The van der Waals surface area contributed by atoms with Crippen molar-refractivity contribution in [2.75, 3.05) is 31.5 Å². The van der Waals surface area contributed by atoms with Gasteiger partial charge in [-0.05, 0) is 92.9 Å². The number of nitrogens with zero attached hydrogens (tertiary/aromatic N) is 1. The van der Waals surface area contributed by atoms with E-state index in [-0.39, 0.29) is 11.8 Å². The number of amides is 2. The van der Waals surface area contributed by atoms with Gasteiger partial charge in [0.2, 0.25) is 5.91 Å². The maximum Gasteiger partial charge on any atom is 0.251 e. The molecule has 0 aromatic heterocycles. The summed E-state index contributed by atoms with van der Waals surface area (Å²) in [5.41, 5.74) is 4.10. The fourth-order valence-corrected chi connectivity index (χ4v) is 4.11. The van der Waals surface area contributed by atoms with Gasteiger partial charge in [-0.25, -0.2) is 0 Å². The molecular weight excluding hydrogens is 450 g/mol. The fourth-order valence-electron chi connectivity index (χ4n) is 4.11. The van der Waals surface area contributed by atoms with Gasteiger partial charge in [-0.3, -0.25) is 9.59 Å².